The third-order valence-electron chi connectivity index (χ3n) is 3.89. The van der Waals surface area contributed by atoms with E-state index in [-0.39, 0.29) is 24.6 Å². The number of nitrogens with zero attached hydrogens (tertiary/aromatic N) is 3. The highest BCUT2D eigenvalue weighted by Gasteiger charge is 2.20. The van der Waals surface area contributed by atoms with Crippen LogP contribution in [0.25, 0.3) is 0 Å². The molecular weight excluding hydrogens is 406 g/mol. The third kappa shape index (κ3) is 4.13. The predicted octanol–water partition coefficient (Wildman–Crippen LogP) is 4.00. The Bertz CT molecular complexity index is 931. The van der Waals surface area contributed by atoms with Crippen molar-refractivity contribution in [3.05, 3.63) is 81.3 Å². The van der Waals surface area contributed by atoms with Crippen LogP contribution in [0.15, 0.2) is 47.2 Å². The van der Waals surface area contributed by atoms with Crippen molar-refractivity contribution in [3.8, 4) is 0 Å². The summed E-state index contributed by atoms with van der Waals surface area (Å²) >= 11 is 3.41. The van der Waals surface area contributed by atoms with Crippen molar-refractivity contribution in [1.82, 2.24) is 20.1 Å². The van der Waals surface area contributed by atoms with Crippen LogP contribution in [0.4, 0.5) is 8.78 Å². The summed E-state index contributed by atoms with van der Waals surface area (Å²) < 4.78 is 28.0. The fraction of sp³-hybridized carbons (Fsp3) is 0.167. The maximum atomic E-state index is 14.1. The average Bonchev–Trinajstić information content (AvgIpc) is 3.11. The third-order valence-corrected chi connectivity index (χ3v) is 4.74. The number of amides is 1. The van der Waals surface area contributed by atoms with E-state index in [4.69, 9.17) is 0 Å². The molecule has 0 fully saturated rings. The number of benzene rings is 2. The fourth-order valence-corrected chi connectivity index (χ4v) is 2.83. The molecule has 0 aliphatic carbocycles. The number of hydrogen-bond donors (Lipinski definition) is 1. The van der Waals surface area contributed by atoms with Crippen molar-refractivity contribution in [1.29, 1.82) is 0 Å². The minimum absolute atomic E-state index is 0.0306. The normalized spacial score (nSPS) is 10.8. The molecule has 0 radical (unpaired) electrons. The van der Waals surface area contributed by atoms with Gasteiger partial charge in [-0.05, 0) is 30.7 Å². The van der Waals surface area contributed by atoms with E-state index in [0.717, 1.165) is 22.2 Å². The number of carbonyl (C=O) groups is 1. The molecule has 0 spiro atoms. The van der Waals surface area contributed by atoms with Crippen molar-refractivity contribution in [3.63, 3.8) is 0 Å². The van der Waals surface area contributed by atoms with E-state index in [2.05, 4.69) is 31.1 Å². The summed E-state index contributed by atoms with van der Waals surface area (Å²) in [6.45, 7) is 2.00. The van der Waals surface area contributed by atoms with Crippen molar-refractivity contribution >= 4 is 21.8 Å². The fourth-order valence-electron chi connectivity index (χ4n) is 2.45. The topological polar surface area (TPSA) is 61.9 Å². The van der Waals surface area contributed by atoms with Crippen LogP contribution >= 0.6 is 15.9 Å². The molecule has 0 aliphatic heterocycles. The number of aromatic amines is 1. The Balaban J connectivity index is 1.91. The first kappa shape index (κ1) is 18.2. The van der Waals surface area contributed by atoms with Crippen LogP contribution in [0.5, 0.6) is 0 Å². The van der Waals surface area contributed by atoms with Crippen LogP contribution in [-0.4, -0.2) is 26.0 Å². The lowest BCUT2D eigenvalue weighted by atomic mass is 10.1. The molecular formula is C18H15BrF2N4O. The molecule has 0 unspecified atom stereocenters. The van der Waals surface area contributed by atoms with Crippen LogP contribution in [0, 0.1) is 18.6 Å². The number of rotatable bonds is 5. The molecule has 0 atom stereocenters. The molecule has 1 aromatic heterocycles. The van der Waals surface area contributed by atoms with Crippen molar-refractivity contribution < 1.29 is 13.6 Å². The number of H-pyrrole nitrogens is 1. The number of halogens is 3. The van der Waals surface area contributed by atoms with Gasteiger partial charge in [0.15, 0.2) is 0 Å². The Morgan fingerprint density at radius 1 is 1.19 bits per heavy atom. The number of aromatic nitrogens is 3. The molecule has 1 heterocycles. The number of hydrogen-bond acceptors (Lipinski definition) is 3. The molecule has 0 aliphatic rings. The lowest BCUT2D eigenvalue weighted by molar-refractivity contribution is 0.0724. The van der Waals surface area contributed by atoms with Gasteiger partial charge in [0, 0.05) is 28.2 Å². The number of carbonyl (C=O) groups excluding carboxylic acids is 1. The van der Waals surface area contributed by atoms with Gasteiger partial charge in [-0.3, -0.25) is 9.89 Å². The monoisotopic (exact) mass is 420 g/mol. The smallest absolute Gasteiger partial charge is 0.254 e. The molecule has 134 valence electrons. The van der Waals surface area contributed by atoms with E-state index < -0.39 is 11.6 Å². The summed E-state index contributed by atoms with van der Waals surface area (Å²) in [5.41, 5.74) is 1.66. The zero-order chi connectivity index (χ0) is 18.7. The van der Waals surface area contributed by atoms with Gasteiger partial charge in [-0.15, -0.1) is 0 Å². The summed E-state index contributed by atoms with van der Waals surface area (Å²) in [6, 6.07) is 8.54. The minimum atomic E-state index is -0.703. The van der Waals surface area contributed by atoms with Gasteiger partial charge in [-0.1, -0.05) is 28.1 Å². The first-order valence-corrected chi connectivity index (χ1v) is 8.57. The lowest BCUT2D eigenvalue weighted by Gasteiger charge is -2.22. The lowest BCUT2D eigenvalue weighted by Crippen LogP contribution is -2.31. The van der Waals surface area contributed by atoms with Crippen molar-refractivity contribution in [2.75, 3.05) is 0 Å². The first-order chi connectivity index (χ1) is 12.4. The van der Waals surface area contributed by atoms with Gasteiger partial charge in [0.05, 0.1) is 6.54 Å². The number of aryl methyl sites for hydroxylation is 1. The van der Waals surface area contributed by atoms with E-state index in [9.17, 15) is 13.6 Å². The summed E-state index contributed by atoms with van der Waals surface area (Å²) in [6.07, 6.45) is 1.33. The van der Waals surface area contributed by atoms with Crippen molar-refractivity contribution in [2.45, 2.75) is 20.0 Å². The van der Waals surface area contributed by atoms with Gasteiger partial charge < -0.3 is 4.90 Å². The molecule has 5 nitrogen and oxygen atoms in total. The Hall–Kier alpha value is -2.61. The Morgan fingerprint density at radius 3 is 2.65 bits per heavy atom. The van der Waals surface area contributed by atoms with Gasteiger partial charge in [0.2, 0.25) is 0 Å². The van der Waals surface area contributed by atoms with Crippen LogP contribution in [0.1, 0.15) is 27.3 Å². The minimum Gasteiger partial charge on any atom is -0.327 e. The Kier molecular flexibility index (Phi) is 5.41. The quantitative estimate of drug-likeness (QED) is 0.678. The molecule has 0 saturated carbocycles. The predicted molar refractivity (Wildman–Crippen MR) is 95.2 cm³/mol. The Morgan fingerprint density at radius 2 is 2.00 bits per heavy atom. The zero-order valence-electron chi connectivity index (χ0n) is 13.8. The molecule has 0 saturated heterocycles. The second kappa shape index (κ2) is 7.74. The average molecular weight is 421 g/mol. The summed E-state index contributed by atoms with van der Waals surface area (Å²) in [5.74, 6) is -1.20. The van der Waals surface area contributed by atoms with Crippen LogP contribution in [0.2, 0.25) is 0 Å². The van der Waals surface area contributed by atoms with Gasteiger partial charge in [-0.25, -0.2) is 13.8 Å². The highest BCUT2D eigenvalue weighted by atomic mass is 79.9. The maximum Gasteiger partial charge on any atom is 0.254 e. The standard InChI is InChI=1S/C18H15BrF2N4O/c1-11-2-3-12(6-15(11)19)18(26)25(9-17-22-10-23-24-17)8-13-4-5-14(20)7-16(13)21/h2-7,10H,8-9H2,1H3,(H,22,23,24). The molecule has 8 heteroatoms. The molecule has 1 N–H and O–H groups in total. The second-order valence-corrected chi connectivity index (χ2v) is 6.65. The zero-order valence-corrected chi connectivity index (χ0v) is 15.4. The van der Waals surface area contributed by atoms with Gasteiger partial charge in [0.25, 0.3) is 5.91 Å². The van der Waals surface area contributed by atoms with Crippen LogP contribution < -0.4 is 0 Å². The molecule has 3 rings (SSSR count). The molecule has 1 amide bonds. The SMILES string of the molecule is Cc1ccc(C(=O)N(Cc2ncn[nH]2)Cc2ccc(F)cc2F)cc1Br. The van der Waals surface area contributed by atoms with E-state index in [1.54, 1.807) is 12.1 Å². The van der Waals surface area contributed by atoms with Crippen molar-refractivity contribution in [2.24, 2.45) is 0 Å². The summed E-state index contributed by atoms with van der Waals surface area (Å²) in [4.78, 5) is 18.4. The number of nitrogens with one attached hydrogen (secondary N) is 1. The highest BCUT2D eigenvalue weighted by molar-refractivity contribution is 9.10. The summed E-state index contributed by atoms with van der Waals surface area (Å²) in [7, 11) is 0. The van der Waals surface area contributed by atoms with Crippen LogP contribution in [0.3, 0.4) is 0 Å². The Labute approximate surface area is 157 Å². The van der Waals surface area contributed by atoms with Gasteiger partial charge >= 0.3 is 0 Å². The van der Waals surface area contributed by atoms with E-state index in [1.165, 1.54) is 17.3 Å². The molecule has 26 heavy (non-hydrogen) atoms. The highest BCUT2D eigenvalue weighted by Crippen LogP contribution is 2.21. The largest absolute Gasteiger partial charge is 0.327 e. The second-order valence-electron chi connectivity index (χ2n) is 5.79. The molecule has 3 aromatic rings. The van der Waals surface area contributed by atoms with E-state index in [0.29, 0.717) is 11.4 Å². The van der Waals surface area contributed by atoms with Crippen LogP contribution in [-0.2, 0) is 13.1 Å². The maximum absolute atomic E-state index is 14.1. The van der Waals surface area contributed by atoms with E-state index >= 15 is 0 Å². The van der Waals surface area contributed by atoms with E-state index in [1.807, 2.05) is 13.0 Å². The molecule has 2 aromatic carbocycles. The van der Waals surface area contributed by atoms with Gasteiger partial charge in [0.1, 0.15) is 23.8 Å². The summed E-state index contributed by atoms with van der Waals surface area (Å²) in [5, 5.41) is 6.45. The first-order valence-electron chi connectivity index (χ1n) is 7.77. The molecule has 0 bridgehead atoms. The van der Waals surface area contributed by atoms with Gasteiger partial charge in [-0.2, -0.15) is 5.10 Å².